The van der Waals surface area contributed by atoms with Crippen molar-refractivity contribution in [1.82, 2.24) is 9.97 Å². The third-order valence-electron chi connectivity index (χ3n) is 5.49. The number of hydrogen-bond acceptors (Lipinski definition) is 7. The normalized spacial score (nSPS) is 15.6. The maximum absolute atomic E-state index is 12.8. The van der Waals surface area contributed by atoms with Gasteiger partial charge in [-0.05, 0) is 42.4 Å². The van der Waals surface area contributed by atoms with Crippen molar-refractivity contribution in [2.24, 2.45) is 5.92 Å². The molecule has 1 heterocycles. The summed E-state index contributed by atoms with van der Waals surface area (Å²) in [5, 5.41) is 14.7. The van der Waals surface area contributed by atoms with Gasteiger partial charge in [0.2, 0.25) is 5.91 Å². The van der Waals surface area contributed by atoms with E-state index in [-0.39, 0.29) is 34.8 Å². The van der Waals surface area contributed by atoms with Crippen molar-refractivity contribution >= 4 is 39.0 Å². The summed E-state index contributed by atoms with van der Waals surface area (Å²) in [5.41, 5.74) is 0.870. The molecule has 0 unspecified atom stereocenters. The van der Waals surface area contributed by atoms with Crippen molar-refractivity contribution in [3.63, 3.8) is 0 Å². The number of carbonyl (C=O) groups is 1. The van der Waals surface area contributed by atoms with Gasteiger partial charge in [-0.3, -0.25) is 4.79 Å². The number of nitrogens with zero attached hydrogens (tertiary/aromatic N) is 2. The van der Waals surface area contributed by atoms with Crippen LogP contribution < -0.4 is 10.6 Å². The summed E-state index contributed by atoms with van der Waals surface area (Å²) in [5.74, 6) is 0.936. The molecule has 1 aliphatic rings. The molecular weight excluding hydrogens is 440 g/mol. The third kappa shape index (κ3) is 6.38. The second kappa shape index (κ2) is 10.4. The number of halogens is 1. The number of amides is 1. The highest BCUT2D eigenvalue weighted by Crippen LogP contribution is 2.40. The number of aromatic nitrogens is 2. The van der Waals surface area contributed by atoms with Gasteiger partial charge in [-0.15, -0.1) is 0 Å². The highest BCUT2D eigenvalue weighted by molar-refractivity contribution is 7.90. The molecule has 1 fully saturated rings. The van der Waals surface area contributed by atoms with Crippen LogP contribution in [0, 0.1) is 5.92 Å². The Morgan fingerprint density at radius 1 is 1.23 bits per heavy atom. The maximum atomic E-state index is 12.8. The Kier molecular flexibility index (Phi) is 7.85. The Labute approximate surface area is 187 Å². The van der Waals surface area contributed by atoms with Gasteiger partial charge in [0, 0.05) is 19.2 Å². The lowest BCUT2D eigenvalue weighted by Gasteiger charge is -2.24. The van der Waals surface area contributed by atoms with Crippen LogP contribution in [0.5, 0.6) is 0 Å². The van der Waals surface area contributed by atoms with E-state index in [0.29, 0.717) is 24.1 Å². The minimum atomic E-state index is -3.41. The predicted octanol–water partition coefficient (Wildman–Crippen LogP) is 3.24. The van der Waals surface area contributed by atoms with Gasteiger partial charge in [-0.1, -0.05) is 30.5 Å². The number of rotatable bonds is 9. The Balaban J connectivity index is 1.74. The number of aliphatic hydroxyl groups is 1. The van der Waals surface area contributed by atoms with Crippen LogP contribution in [0.1, 0.15) is 43.6 Å². The van der Waals surface area contributed by atoms with Crippen LogP contribution >= 0.6 is 11.6 Å². The van der Waals surface area contributed by atoms with E-state index >= 15 is 0 Å². The fraction of sp³-hybridized carbons (Fsp3) is 0.476. The van der Waals surface area contributed by atoms with Crippen LogP contribution in [0.2, 0.25) is 5.02 Å². The molecular formula is C21H27ClN4O4S. The Hall–Kier alpha value is -2.23. The molecule has 0 saturated heterocycles. The number of carbonyl (C=O) groups excluding carboxylic acids is 1. The first-order valence-electron chi connectivity index (χ1n) is 10.2. The van der Waals surface area contributed by atoms with Crippen LogP contribution in [-0.2, 0) is 14.6 Å². The van der Waals surface area contributed by atoms with Crippen LogP contribution in [0.25, 0.3) is 0 Å². The summed E-state index contributed by atoms with van der Waals surface area (Å²) in [6, 6.07) is 4.96. The van der Waals surface area contributed by atoms with Crippen LogP contribution in [0.15, 0.2) is 35.5 Å². The molecule has 0 spiro atoms. The average Bonchev–Trinajstić information content (AvgIpc) is 3.25. The molecule has 1 aromatic heterocycles. The van der Waals surface area contributed by atoms with E-state index in [0.717, 1.165) is 37.5 Å². The first-order chi connectivity index (χ1) is 14.8. The van der Waals surface area contributed by atoms with E-state index in [9.17, 15) is 13.2 Å². The van der Waals surface area contributed by atoms with Crippen molar-refractivity contribution in [2.75, 3.05) is 30.0 Å². The smallest absolute Gasteiger partial charge is 0.226 e. The molecule has 3 rings (SSSR count). The summed E-state index contributed by atoms with van der Waals surface area (Å²) < 4.78 is 23.8. The number of benzene rings is 1. The van der Waals surface area contributed by atoms with Crippen molar-refractivity contribution < 1.29 is 18.3 Å². The van der Waals surface area contributed by atoms with Gasteiger partial charge in [0.1, 0.15) is 5.82 Å². The number of hydrogen-bond donors (Lipinski definition) is 3. The molecule has 3 N–H and O–H groups in total. The number of sulfone groups is 1. The van der Waals surface area contributed by atoms with Gasteiger partial charge in [-0.2, -0.15) is 0 Å². The molecule has 1 saturated carbocycles. The monoisotopic (exact) mass is 466 g/mol. The van der Waals surface area contributed by atoms with Crippen LogP contribution in [0.4, 0.5) is 11.6 Å². The van der Waals surface area contributed by atoms with Crippen molar-refractivity contribution in [1.29, 1.82) is 0 Å². The van der Waals surface area contributed by atoms with E-state index < -0.39 is 9.84 Å². The van der Waals surface area contributed by atoms with Gasteiger partial charge in [-0.25, -0.2) is 18.4 Å². The fourth-order valence-corrected chi connectivity index (χ4v) is 5.36. The van der Waals surface area contributed by atoms with Crippen molar-refractivity contribution in [2.45, 2.75) is 42.9 Å². The fourth-order valence-electron chi connectivity index (χ4n) is 4.03. The van der Waals surface area contributed by atoms with E-state index in [1.165, 1.54) is 18.5 Å². The first kappa shape index (κ1) is 23.4. The zero-order valence-electron chi connectivity index (χ0n) is 17.3. The molecule has 1 aromatic carbocycles. The SMILES string of the molecule is CS(=O)(=O)c1ccc([C@H](CC(=O)Nc2cnc(NCCO)cn2)C2CCCC2)cc1Cl. The summed E-state index contributed by atoms with van der Waals surface area (Å²) in [4.78, 5) is 21.2. The molecule has 8 nitrogen and oxygen atoms in total. The summed E-state index contributed by atoms with van der Waals surface area (Å²) in [6.45, 7) is 0.349. The van der Waals surface area contributed by atoms with E-state index in [1.807, 2.05) is 0 Å². The lowest BCUT2D eigenvalue weighted by atomic mass is 9.82. The van der Waals surface area contributed by atoms with Crippen molar-refractivity contribution in [3.05, 3.63) is 41.2 Å². The van der Waals surface area contributed by atoms with Gasteiger partial charge in [0.25, 0.3) is 0 Å². The zero-order chi connectivity index (χ0) is 22.4. The van der Waals surface area contributed by atoms with Gasteiger partial charge >= 0.3 is 0 Å². The number of aliphatic hydroxyl groups excluding tert-OH is 1. The molecule has 1 amide bonds. The molecule has 31 heavy (non-hydrogen) atoms. The third-order valence-corrected chi connectivity index (χ3v) is 7.07. The Morgan fingerprint density at radius 3 is 2.48 bits per heavy atom. The Morgan fingerprint density at radius 2 is 1.90 bits per heavy atom. The largest absolute Gasteiger partial charge is 0.395 e. The van der Waals surface area contributed by atoms with Gasteiger partial charge < -0.3 is 15.7 Å². The zero-order valence-corrected chi connectivity index (χ0v) is 18.9. The molecule has 0 bridgehead atoms. The molecule has 2 aromatic rings. The lowest BCUT2D eigenvalue weighted by Crippen LogP contribution is -2.21. The molecule has 10 heteroatoms. The minimum Gasteiger partial charge on any atom is -0.395 e. The van der Waals surface area contributed by atoms with Crippen molar-refractivity contribution in [3.8, 4) is 0 Å². The summed E-state index contributed by atoms with van der Waals surface area (Å²) in [7, 11) is -3.41. The lowest BCUT2D eigenvalue weighted by molar-refractivity contribution is -0.116. The second-order valence-corrected chi connectivity index (χ2v) is 10.2. The average molecular weight is 467 g/mol. The predicted molar refractivity (Wildman–Crippen MR) is 120 cm³/mol. The number of nitrogens with one attached hydrogen (secondary N) is 2. The van der Waals surface area contributed by atoms with Gasteiger partial charge in [0.05, 0.1) is 28.9 Å². The second-order valence-electron chi connectivity index (χ2n) is 7.80. The molecule has 1 atom stereocenters. The van der Waals surface area contributed by atoms with Crippen LogP contribution in [-0.4, -0.2) is 48.8 Å². The molecule has 0 radical (unpaired) electrons. The first-order valence-corrected chi connectivity index (χ1v) is 12.5. The quantitative estimate of drug-likeness (QED) is 0.518. The molecule has 0 aliphatic heterocycles. The highest BCUT2D eigenvalue weighted by Gasteiger charge is 2.29. The molecule has 168 valence electrons. The van der Waals surface area contributed by atoms with E-state index in [4.69, 9.17) is 16.7 Å². The Bertz CT molecular complexity index is 1010. The van der Waals surface area contributed by atoms with E-state index in [1.54, 1.807) is 12.1 Å². The summed E-state index contributed by atoms with van der Waals surface area (Å²) in [6.07, 6.45) is 8.59. The van der Waals surface area contributed by atoms with Crippen LogP contribution in [0.3, 0.4) is 0 Å². The minimum absolute atomic E-state index is 0.0160. The molecule has 1 aliphatic carbocycles. The highest BCUT2D eigenvalue weighted by atomic mass is 35.5. The standard InChI is InChI=1S/C21H27ClN4O4S/c1-31(29,30)18-7-6-15(10-17(18)22)16(14-4-2-3-5-14)11-21(28)26-20-13-24-19(12-25-20)23-8-9-27/h6-7,10,12-14,16,27H,2-5,8-9,11H2,1H3,(H,23,24)(H,25,26,28)/t16-/m1/s1. The van der Waals surface area contributed by atoms with E-state index in [2.05, 4.69) is 20.6 Å². The topological polar surface area (TPSA) is 121 Å². The maximum Gasteiger partial charge on any atom is 0.226 e. The number of anilines is 2. The van der Waals surface area contributed by atoms with Gasteiger partial charge in [0.15, 0.2) is 15.7 Å². The summed E-state index contributed by atoms with van der Waals surface area (Å²) >= 11 is 6.26.